The third kappa shape index (κ3) is 5.29. The normalized spacial score (nSPS) is 12.4. The number of hydrogen-bond acceptors (Lipinski definition) is 4. The first kappa shape index (κ1) is 20.3. The average molecular weight is 411 g/mol. The van der Waals surface area contributed by atoms with Gasteiger partial charge in [0.2, 0.25) is 10.0 Å². The number of nitrogens with one attached hydrogen (secondary N) is 1. The lowest BCUT2D eigenvalue weighted by molar-refractivity contribution is 0.572. The summed E-state index contributed by atoms with van der Waals surface area (Å²) in [5, 5.41) is 11.0. The quantitative estimate of drug-likeness (QED) is 0.581. The molecule has 0 saturated heterocycles. The van der Waals surface area contributed by atoms with Crippen LogP contribution in [0.5, 0.6) is 0 Å². The zero-order valence-corrected chi connectivity index (χ0v) is 17.3. The maximum absolute atomic E-state index is 12.9. The number of nitrogens with zero attached hydrogens (tertiary/aromatic N) is 1. The van der Waals surface area contributed by atoms with Gasteiger partial charge in [0.05, 0.1) is 23.4 Å². The van der Waals surface area contributed by atoms with E-state index in [4.69, 9.17) is 5.26 Å². The first-order chi connectivity index (χ1) is 13.5. The number of rotatable bonds is 8. The standard InChI is InChI=1S/C22H22N2O2S2/c1-2-5-17-9-11-20(12-10-17)22(21-8-4-13-27-21)24-28(25,26)16-19-7-3-6-18(14-19)15-23/h3-4,6-14,22,24H,2,5,16H2,1H3. The van der Waals surface area contributed by atoms with Crippen molar-refractivity contribution in [1.29, 1.82) is 5.26 Å². The lowest BCUT2D eigenvalue weighted by atomic mass is 10.0. The summed E-state index contributed by atoms with van der Waals surface area (Å²) >= 11 is 1.52. The predicted octanol–water partition coefficient (Wildman–Crippen LogP) is 4.78. The molecule has 0 amide bonds. The van der Waals surface area contributed by atoms with E-state index < -0.39 is 16.1 Å². The molecule has 0 aliphatic heterocycles. The van der Waals surface area contributed by atoms with Crippen molar-refractivity contribution >= 4 is 21.4 Å². The Kier molecular flexibility index (Phi) is 6.63. The second-order valence-corrected chi connectivity index (χ2v) is 9.36. The van der Waals surface area contributed by atoms with Crippen LogP contribution >= 0.6 is 11.3 Å². The number of aryl methyl sites for hydroxylation is 1. The van der Waals surface area contributed by atoms with Gasteiger partial charge in [0, 0.05) is 4.88 Å². The van der Waals surface area contributed by atoms with E-state index in [0.717, 1.165) is 23.3 Å². The number of benzene rings is 2. The van der Waals surface area contributed by atoms with Crippen LogP contribution in [0.4, 0.5) is 0 Å². The topological polar surface area (TPSA) is 70.0 Å². The van der Waals surface area contributed by atoms with E-state index in [9.17, 15) is 8.42 Å². The minimum absolute atomic E-state index is 0.168. The fourth-order valence-electron chi connectivity index (χ4n) is 3.08. The Bertz CT molecular complexity index is 1050. The van der Waals surface area contributed by atoms with E-state index in [1.165, 1.54) is 16.9 Å². The van der Waals surface area contributed by atoms with Crippen molar-refractivity contribution in [1.82, 2.24) is 4.72 Å². The van der Waals surface area contributed by atoms with E-state index in [1.807, 2.05) is 35.7 Å². The van der Waals surface area contributed by atoms with Crippen LogP contribution in [0, 0.1) is 11.3 Å². The van der Waals surface area contributed by atoms with Gasteiger partial charge in [-0.2, -0.15) is 5.26 Å². The molecule has 4 nitrogen and oxygen atoms in total. The summed E-state index contributed by atoms with van der Waals surface area (Å²) in [5.41, 5.74) is 3.20. The second-order valence-electron chi connectivity index (χ2n) is 6.63. The van der Waals surface area contributed by atoms with E-state index in [1.54, 1.807) is 24.3 Å². The molecule has 1 aromatic heterocycles. The van der Waals surface area contributed by atoms with Crippen molar-refractivity contribution in [2.75, 3.05) is 0 Å². The zero-order chi connectivity index (χ0) is 20.0. The molecule has 0 radical (unpaired) electrons. The van der Waals surface area contributed by atoms with Gasteiger partial charge in [0.15, 0.2) is 0 Å². The van der Waals surface area contributed by atoms with Crippen LogP contribution in [0.1, 0.15) is 46.5 Å². The lowest BCUT2D eigenvalue weighted by Gasteiger charge is -2.19. The molecule has 144 valence electrons. The number of thiophene rings is 1. The molecule has 0 spiro atoms. The molecule has 3 rings (SSSR count). The summed E-state index contributed by atoms with van der Waals surface area (Å²) < 4.78 is 28.6. The van der Waals surface area contributed by atoms with Gasteiger partial charge in [-0.25, -0.2) is 13.1 Å². The van der Waals surface area contributed by atoms with E-state index in [2.05, 4.69) is 23.8 Å². The molecule has 1 heterocycles. The zero-order valence-electron chi connectivity index (χ0n) is 15.6. The molecule has 6 heteroatoms. The molecular formula is C22H22N2O2S2. The van der Waals surface area contributed by atoms with Crippen LogP contribution in [0.3, 0.4) is 0 Å². The van der Waals surface area contributed by atoms with Gasteiger partial charge in [-0.15, -0.1) is 11.3 Å². The number of hydrogen-bond donors (Lipinski definition) is 1. The SMILES string of the molecule is CCCc1ccc(C(NS(=O)(=O)Cc2cccc(C#N)c2)c2cccs2)cc1. The Morgan fingerprint density at radius 3 is 2.50 bits per heavy atom. The van der Waals surface area contributed by atoms with Gasteiger partial charge in [-0.1, -0.05) is 55.8 Å². The van der Waals surface area contributed by atoms with Crippen molar-refractivity contribution in [3.05, 3.63) is 93.2 Å². The van der Waals surface area contributed by atoms with Crippen molar-refractivity contribution in [2.24, 2.45) is 0 Å². The van der Waals surface area contributed by atoms with Crippen molar-refractivity contribution < 1.29 is 8.42 Å². The van der Waals surface area contributed by atoms with Gasteiger partial charge in [0.25, 0.3) is 0 Å². The fourth-order valence-corrected chi connectivity index (χ4v) is 5.28. The van der Waals surface area contributed by atoms with E-state index in [0.29, 0.717) is 11.1 Å². The van der Waals surface area contributed by atoms with Gasteiger partial charge >= 0.3 is 0 Å². The Balaban J connectivity index is 1.85. The van der Waals surface area contributed by atoms with Crippen LogP contribution in [-0.2, 0) is 22.2 Å². The number of nitriles is 1. The van der Waals surface area contributed by atoms with E-state index in [-0.39, 0.29) is 5.75 Å². The largest absolute Gasteiger partial charge is 0.216 e. The van der Waals surface area contributed by atoms with Gasteiger partial charge in [0.1, 0.15) is 0 Å². The Morgan fingerprint density at radius 1 is 1.07 bits per heavy atom. The molecule has 1 unspecified atom stereocenters. The third-order valence-corrected chi connectivity index (χ3v) is 6.63. The lowest BCUT2D eigenvalue weighted by Crippen LogP contribution is -2.30. The summed E-state index contributed by atoms with van der Waals surface area (Å²) in [6.45, 7) is 2.14. The first-order valence-corrected chi connectivity index (χ1v) is 11.6. The highest BCUT2D eigenvalue weighted by atomic mass is 32.2. The minimum atomic E-state index is -3.61. The van der Waals surface area contributed by atoms with E-state index >= 15 is 0 Å². The summed E-state index contributed by atoms with van der Waals surface area (Å²) in [4.78, 5) is 0.942. The fraction of sp³-hybridized carbons (Fsp3) is 0.227. The molecule has 1 N–H and O–H groups in total. The highest BCUT2D eigenvalue weighted by molar-refractivity contribution is 7.88. The van der Waals surface area contributed by atoms with Gasteiger partial charge in [-0.3, -0.25) is 0 Å². The molecule has 0 bridgehead atoms. The summed E-state index contributed by atoms with van der Waals surface area (Å²) in [6, 6.07) is 20.3. The smallest absolute Gasteiger partial charge is 0.212 e. The molecule has 0 fully saturated rings. The van der Waals surface area contributed by atoms with Gasteiger partial charge < -0.3 is 0 Å². The summed E-state index contributed by atoms with van der Waals surface area (Å²) in [5.74, 6) is -0.168. The van der Waals surface area contributed by atoms with Crippen LogP contribution in [0.25, 0.3) is 0 Å². The highest BCUT2D eigenvalue weighted by Crippen LogP contribution is 2.28. The Morgan fingerprint density at radius 2 is 1.86 bits per heavy atom. The summed E-state index contributed by atoms with van der Waals surface area (Å²) in [7, 11) is -3.61. The minimum Gasteiger partial charge on any atom is -0.212 e. The van der Waals surface area contributed by atoms with Crippen molar-refractivity contribution in [3.63, 3.8) is 0 Å². The molecule has 3 aromatic rings. The molecule has 1 atom stereocenters. The third-order valence-electron chi connectivity index (χ3n) is 4.39. The first-order valence-electron chi connectivity index (χ1n) is 9.12. The maximum atomic E-state index is 12.9. The second kappa shape index (κ2) is 9.16. The molecule has 2 aromatic carbocycles. The molecule has 0 aliphatic carbocycles. The van der Waals surface area contributed by atoms with Crippen LogP contribution < -0.4 is 4.72 Å². The Labute approximate surface area is 170 Å². The van der Waals surface area contributed by atoms with Crippen LogP contribution in [-0.4, -0.2) is 8.42 Å². The monoisotopic (exact) mass is 410 g/mol. The average Bonchev–Trinajstić information content (AvgIpc) is 3.21. The van der Waals surface area contributed by atoms with Gasteiger partial charge in [-0.05, 0) is 46.7 Å². The summed E-state index contributed by atoms with van der Waals surface area (Å²) in [6.07, 6.45) is 2.08. The molecule has 28 heavy (non-hydrogen) atoms. The number of sulfonamides is 1. The maximum Gasteiger partial charge on any atom is 0.216 e. The Hall–Kier alpha value is -2.46. The van der Waals surface area contributed by atoms with Crippen molar-refractivity contribution in [2.45, 2.75) is 31.6 Å². The van der Waals surface area contributed by atoms with Crippen molar-refractivity contribution in [3.8, 4) is 6.07 Å². The predicted molar refractivity (Wildman–Crippen MR) is 114 cm³/mol. The highest BCUT2D eigenvalue weighted by Gasteiger charge is 2.22. The van der Waals surface area contributed by atoms with Crippen LogP contribution in [0.15, 0.2) is 66.0 Å². The van der Waals surface area contributed by atoms with Crippen LogP contribution in [0.2, 0.25) is 0 Å². The molecule has 0 saturated carbocycles. The molecular weight excluding hydrogens is 388 g/mol. The molecule has 0 aliphatic rings.